The van der Waals surface area contributed by atoms with Gasteiger partial charge in [-0.3, -0.25) is 14.9 Å². The van der Waals surface area contributed by atoms with Crippen molar-refractivity contribution in [2.45, 2.75) is 0 Å². The Hall–Kier alpha value is -3.55. The van der Waals surface area contributed by atoms with Crippen LogP contribution in [0.5, 0.6) is 0 Å². The molecule has 0 bridgehead atoms. The molecule has 2 amide bonds. The van der Waals surface area contributed by atoms with Gasteiger partial charge in [-0.2, -0.15) is 0 Å². The Morgan fingerprint density at radius 2 is 1.65 bits per heavy atom. The van der Waals surface area contributed by atoms with Crippen molar-refractivity contribution in [2.24, 2.45) is 0 Å². The molecule has 0 heterocycles. The van der Waals surface area contributed by atoms with Gasteiger partial charge in [-0.15, -0.1) is 0 Å². The maximum absolute atomic E-state index is 13.3. The summed E-state index contributed by atoms with van der Waals surface area (Å²) in [7, 11) is 0. The molecule has 0 radical (unpaired) electrons. The second-order valence-electron chi connectivity index (χ2n) is 6.35. The zero-order valence-corrected chi connectivity index (χ0v) is 17.6. The summed E-state index contributed by atoms with van der Waals surface area (Å²) in [6, 6.07) is 19.8. The highest BCUT2D eigenvalue weighted by Gasteiger charge is 2.09. The number of carbonyl (C=O) groups is 2. The molecule has 0 spiro atoms. The first-order valence-electron chi connectivity index (χ1n) is 9.12. The van der Waals surface area contributed by atoms with E-state index in [1.165, 1.54) is 24.3 Å². The number of anilines is 2. The van der Waals surface area contributed by atoms with E-state index in [0.29, 0.717) is 16.9 Å². The quantitative estimate of drug-likeness (QED) is 0.364. The van der Waals surface area contributed by atoms with Crippen LogP contribution in [-0.4, -0.2) is 16.9 Å². The summed E-state index contributed by atoms with van der Waals surface area (Å²) in [4.78, 5) is 24.5. The van der Waals surface area contributed by atoms with E-state index in [0.717, 1.165) is 5.56 Å². The zero-order chi connectivity index (χ0) is 22.2. The van der Waals surface area contributed by atoms with E-state index in [4.69, 9.17) is 23.8 Å². The Bertz CT molecular complexity index is 1150. The molecule has 3 rings (SSSR count). The lowest BCUT2D eigenvalue weighted by atomic mass is 10.2. The van der Waals surface area contributed by atoms with Crippen molar-refractivity contribution in [1.82, 2.24) is 5.32 Å². The van der Waals surface area contributed by atoms with Gasteiger partial charge < -0.3 is 10.6 Å². The maximum atomic E-state index is 13.3. The van der Waals surface area contributed by atoms with Crippen LogP contribution < -0.4 is 16.0 Å². The predicted molar refractivity (Wildman–Crippen MR) is 126 cm³/mol. The SMILES string of the molecule is O=C(/C=C/c1ccccc1)NC(=S)Nc1cccc(C(=O)Nc2ccc(F)c(Cl)c2)c1. The molecule has 31 heavy (non-hydrogen) atoms. The fourth-order valence-corrected chi connectivity index (χ4v) is 2.97. The van der Waals surface area contributed by atoms with E-state index >= 15 is 0 Å². The third-order valence-electron chi connectivity index (χ3n) is 4.02. The lowest BCUT2D eigenvalue weighted by Gasteiger charge is -2.10. The summed E-state index contributed by atoms with van der Waals surface area (Å²) in [6.45, 7) is 0. The number of amides is 2. The van der Waals surface area contributed by atoms with E-state index < -0.39 is 11.7 Å². The molecule has 0 aromatic heterocycles. The molecular formula is C23H17ClFN3O2S. The summed E-state index contributed by atoms with van der Waals surface area (Å²) >= 11 is 10.9. The Balaban J connectivity index is 1.58. The second kappa shape index (κ2) is 10.5. The largest absolute Gasteiger partial charge is 0.332 e. The fourth-order valence-electron chi connectivity index (χ4n) is 2.57. The molecule has 0 fully saturated rings. The predicted octanol–water partition coefficient (Wildman–Crippen LogP) is 5.26. The Morgan fingerprint density at radius 3 is 2.39 bits per heavy atom. The first-order chi connectivity index (χ1) is 14.9. The van der Waals surface area contributed by atoms with Crippen molar-refractivity contribution in [3.63, 3.8) is 0 Å². The molecule has 0 unspecified atom stereocenters. The lowest BCUT2D eigenvalue weighted by molar-refractivity contribution is -0.115. The topological polar surface area (TPSA) is 70.2 Å². The molecule has 0 saturated carbocycles. The summed E-state index contributed by atoms with van der Waals surface area (Å²) in [5, 5.41) is 8.05. The summed E-state index contributed by atoms with van der Waals surface area (Å²) in [6.07, 6.45) is 3.05. The average molecular weight is 454 g/mol. The van der Waals surface area contributed by atoms with Crippen molar-refractivity contribution >= 4 is 58.2 Å². The van der Waals surface area contributed by atoms with Crippen molar-refractivity contribution in [2.75, 3.05) is 10.6 Å². The summed E-state index contributed by atoms with van der Waals surface area (Å²) in [5.41, 5.74) is 2.10. The molecule has 3 N–H and O–H groups in total. The van der Waals surface area contributed by atoms with Crippen LogP contribution in [0.4, 0.5) is 15.8 Å². The number of halogens is 2. The second-order valence-corrected chi connectivity index (χ2v) is 7.17. The van der Waals surface area contributed by atoms with Crippen LogP contribution in [0.2, 0.25) is 5.02 Å². The smallest absolute Gasteiger partial charge is 0.255 e. The molecule has 3 aromatic carbocycles. The Morgan fingerprint density at radius 1 is 0.903 bits per heavy atom. The van der Waals surface area contributed by atoms with Gasteiger partial charge in [-0.05, 0) is 60.3 Å². The van der Waals surface area contributed by atoms with E-state index in [1.807, 2.05) is 30.3 Å². The first-order valence-corrected chi connectivity index (χ1v) is 9.91. The highest BCUT2D eigenvalue weighted by molar-refractivity contribution is 7.80. The number of nitrogens with one attached hydrogen (secondary N) is 3. The summed E-state index contributed by atoms with van der Waals surface area (Å²) < 4.78 is 13.3. The number of rotatable bonds is 5. The van der Waals surface area contributed by atoms with Crippen molar-refractivity contribution in [1.29, 1.82) is 0 Å². The monoisotopic (exact) mass is 453 g/mol. The van der Waals surface area contributed by atoms with Crippen LogP contribution >= 0.6 is 23.8 Å². The minimum Gasteiger partial charge on any atom is -0.332 e. The van der Waals surface area contributed by atoms with Crippen molar-refractivity contribution < 1.29 is 14.0 Å². The van der Waals surface area contributed by atoms with E-state index in [9.17, 15) is 14.0 Å². The average Bonchev–Trinajstić information content (AvgIpc) is 2.75. The first kappa shape index (κ1) is 22.1. The van der Waals surface area contributed by atoms with Gasteiger partial charge in [0.05, 0.1) is 5.02 Å². The third-order valence-corrected chi connectivity index (χ3v) is 4.52. The van der Waals surface area contributed by atoms with Crippen LogP contribution in [0, 0.1) is 5.82 Å². The molecule has 0 atom stereocenters. The van der Waals surface area contributed by atoms with Gasteiger partial charge in [0.25, 0.3) is 5.91 Å². The number of carbonyl (C=O) groups excluding carboxylic acids is 2. The van der Waals surface area contributed by atoms with Crippen LogP contribution in [0.3, 0.4) is 0 Å². The van der Waals surface area contributed by atoms with Gasteiger partial charge in [0.15, 0.2) is 5.11 Å². The van der Waals surface area contributed by atoms with Gasteiger partial charge in [-0.1, -0.05) is 48.0 Å². The number of hydrogen-bond donors (Lipinski definition) is 3. The molecule has 0 saturated heterocycles. The lowest BCUT2D eigenvalue weighted by Crippen LogP contribution is -2.32. The number of thiocarbonyl (C=S) groups is 1. The maximum Gasteiger partial charge on any atom is 0.255 e. The standard InChI is InChI=1S/C23H17ClFN3O2S/c24-19-14-18(10-11-20(19)25)26-22(30)16-7-4-8-17(13-16)27-23(31)28-21(29)12-9-15-5-2-1-3-6-15/h1-14H,(H,26,30)(H2,27,28,29,31)/b12-9+. The van der Waals surface area contributed by atoms with Crippen LogP contribution in [0.1, 0.15) is 15.9 Å². The van der Waals surface area contributed by atoms with E-state index in [1.54, 1.807) is 30.3 Å². The number of hydrogen-bond acceptors (Lipinski definition) is 3. The minimum absolute atomic E-state index is 0.0874. The van der Waals surface area contributed by atoms with Crippen molar-refractivity contribution in [3.8, 4) is 0 Å². The molecule has 3 aromatic rings. The molecule has 8 heteroatoms. The molecule has 0 aliphatic rings. The highest BCUT2D eigenvalue weighted by Crippen LogP contribution is 2.20. The minimum atomic E-state index is -0.569. The van der Waals surface area contributed by atoms with Gasteiger partial charge in [0, 0.05) is 23.0 Å². The third kappa shape index (κ3) is 6.74. The Labute approximate surface area is 188 Å². The highest BCUT2D eigenvalue weighted by atomic mass is 35.5. The van der Waals surface area contributed by atoms with Crippen LogP contribution in [0.25, 0.3) is 6.08 Å². The Kier molecular flexibility index (Phi) is 7.48. The molecule has 0 aliphatic carbocycles. The van der Waals surface area contributed by atoms with Crippen molar-refractivity contribution in [3.05, 3.63) is 101 Å². The fraction of sp³-hybridized carbons (Fsp3) is 0. The molecule has 5 nitrogen and oxygen atoms in total. The molecule has 156 valence electrons. The van der Waals surface area contributed by atoms with Crippen LogP contribution in [0.15, 0.2) is 78.9 Å². The van der Waals surface area contributed by atoms with Crippen LogP contribution in [-0.2, 0) is 4.79 Å². The zero-order valence-electron chi connectivity index (χ0n) is 16.1. The summed E-state index contributed by atoms with van der Waals surface area (Å²) in [5.74, 6) is -1.37. The molecular weight excluding hydrogens is 437 g/mol. The molecule has 0 aliphatic heterocycles. The van der Waals surface area contributed by atoms with Gasteiger partial charge in [0.1, 0.15) is 5.82 Å². The van der Waals surface area contributed by atoms with Gasteiger partial charge >= 0.3 is 0 Å². The number of benzene rings is 3. The van der Waals surface area contributed by atoms with Gasteiger partial charge in [0.2, 0.25) is 5.91 Å². The van der Waals surface area contributed by atoms with E-state index in [2.05, 4.69) is 16.0 Å². The normalized spacial score (nSPS) is 10.5. The van der Waals surface area contributed by atoms with Gasteiger partial charge in [-0.25, -0.2) is 4.39 Å². The van der Waals surface area contributed by atoms with E-state index in [-0.39, 0.29) is 16.0 Å².